The van der Waals surface area contributed by atoms with Gasteiger partial charge in [0.2, 0.25) is 12.7 Å². The van der Waals surface area contributed by atoms with Crippen molar-refractivity contribution in [1.82, 2.24) is 9.80 Å². The number of anilines is 1. The van der Waals surface area contributed by atoms with Gasteiger partial charge in [0.1, 0.15) is 0 Å². The van der Waals surface area contributed by atoms with Crippen molar-refractivity contribution in [2.24, 2.45) is 0 Å². The number of hydrogen-bond acceptors (Lipinski definition) is 5. The quantitative estimate of drug-likeness (QED) is 0.857. The Bertz CT molecular complexity index is 608. The van der Waals surface area contributed by atoms with Gasteiger partial charge < -0.3 is 24.6 Å². The number of benzene rings is 1. The van der Waals surface area contributed by atoms with Crippen molar-refractivity contribution in [3.05, 3.63) is 18.2 Å². The van der Waals surface area contributed by atoms with Gasteiger partial charge in [-0.2, -0.15) is 0 Å². The molecule has 138 valence electrons. The number of nitrogens with one attached hydrogen (secondary N) is 1. The molecule has 0 unspecified atom stereocenters. The summed E-state index contributed by atoms with van der Waals surface area (Å²) in [4.78, 5) is 17.1. The molecule has 1 amide bonds. The van der Waals surface area contributed by atoms with Crippen LogP contribution in [-0.4, -0.2) is 61.3 Å². The Morgan fingerprint density at radius 2 is 2.16 bits per heavy atom. The molecule has 1 fully saturated rings. The molecule has 0 saturated carbocycles. The van der Waals surface area contributed by atoms with Gasteiger partial charge in [-0.15, -0.1) is 0 Å². The van der Waals surface area contributed by atoms with Gasteiger partial charge in [-0.25, -0.2) is 0 Å². The summed E-state index contributed by atoms with van der Waals surface area (Å²) in [7, 11) is 2.13. The number of carbonyl (C=O) groups is 1. The number of nitrogens with zero attached hydrogens (tertiary/aromatic N) is 2. The number of rotatable bonds is 6. The first-order valence-corrected chi connectivity index (χ1v) is 9.20. The number of amides is 1. The second kappa shape index (κ2) is 8.06. The van der Waals surface area contributed by atoms with Crippen LogP contribution in [0.5, 0.6) is 11.5 Å². The topological polar surface area (TPSA) is 54.0 Å². The van der Waals surface area contributed by atoms with Crippen LogP contribution in [0.1, 0.15) is 33.1 Å². The molecule has 1 aromatic rings. The van der Waals surface area contributed by atoms with Crippen molar-refractivity contribution >= 4 is 11.6 Å². The Morgan fingerprint density at radius 3 is 2.92 bits per heavy atom. The number of ether oxygens (including phenoxy) is 2. The van der Waals surface area contributed by atoms with Crippen molar-refractivity contribution in [3.8, 4) is 11.5 Å². The highest BCUT2D eigenvalue weighted by molar-refractivity contribution is 5.91. The van der Waals surface area contributed by atoms with E-state index >= 15 is 0 Å². The van der Waals surface area contributed by atoms with Gasteiger partial charge >= 0.3 is 0 Å². The maximum Gasteiger partial charge on any atom is 0.231 e. The summed E-state index contributed by atoms with van der Waals surface area (Å²) in [5.41, 5.74) is 0.752. The molecule has 2 atom stereocenters. The molecule has 25 heavy (non-hydrogen) atoms. The number of carbonyl (C=O) groups excluding carboxylic acids is 1. The van der Waals surface area contributed by atoms with E-state index in [9.17, 15) is 4.79 Å². The molecule has 0 aromatic heterocycles. The third kappa shape index (κ3) is 4.44. The Balaban J connectivity index is 1.44. The lowest BCUT2D eigenvalue weighted by atomic mass is 9.97. The van der Waals surface area contributed by atoms with Crippen LogP contribution in [0, 0.1) is 0 Å². The van der Waals surface area contributed by atoms with Gasteiger partial charge in [0.15, 0.2) is 11.5 Å². The smallest absolute Gasteiger partial charge is 0.231 e. The maximum absolute atomic E-state index is 12.2. The molecule has 1 N–H and O–H groups in total. The summed E-state index contributed by atoms with van der Waals surface area (Å²) in [5, 5.41) is 2.95. The maximum atomic E-state index is 12.2. The zero-order valence-electron chi connectivity index (χ0n) is 15.5. The van der Waals surface area contributed by atoms with E-state index in [1.165, 1.54) is 12.8 Å². The van der Waals surface area contributed by atoms with Gasteiger partial charge in [0.25, 0.3) is 0 Å². The highest BCUT2D eigenvalue weighted by Gasteiger charge is 2.26. The second-order valence-electron chi connectivity index (χ2n) is 7.00. The largest absolute Gasteiger partial charge is 0.454 e. The Morgan fingerprint density at radius 1 is 1.36 bits per heavy atom. The zero-order valence-corrected chi connectivity index (χ0v) is 15.5. The minimum absolute atomic E-state index is 0.0322. The van der Waals surface area contributed by atoms with Crippen LogP contribution >= 0.6 is 0 Å². The molecule has 1 saturated heterocycles. The molecule has 2 heterocycles. The molecule has 0 aliphatic carbocycles. The fraction of sp³-hybridized carbons (Fsp3) is 0.632. The van der Waals surface area contributed by atoms with Crippen LogP contribution in [0.3, 0.4) is 0 Å². The summed E-state index contributed by atoms with van der Waals surface area (Å²) < 4.78 is 10.6. The van der Waals surface area contributed by atoms with Crippen molar-refractivity contribution in [3.63, 3.8) is 0 Å². The molecule has 3 rings (SSSR count). The van der Waals surface area contributed by atoms with Gasteiger partial charge in [0, 0.05) is 36.8 Å². The predicted molar refractivity (Wildman–Crippen MR) is 98.2 cm³/mol. The van der Waals surface area contributed by atoms with Gasteiger partial charge in [0.05, 0.1) is 0 Å². The number of likely N-dealkylation sites (tertiary alicyclic amines) is 1. The molecular formula is C19H29N3O3. The average molecular weight is 347 g/mol. The van der Waals surface area contributed by atoms with Crippen LogP contribution < -0.4 is 14.8 Å². The first-order valence-electron chi connectivity index (χ1n) is 9.20. The minimum atomic E-state index is 0.0322. The van der Waals surface area contributed by atoms with Crippen LogP contribution in [0.15, 0.2) is 18.2 Å². The van der Waals surface area contributed by atoms with E-state index in [1.54, 1.807) is 0 Å². The van der Waals surface area contributed by atoms with E-state index in [-0.39, 0.29) is 12.7 Å². The molecule has 0 bridgehead atoms. The highest BCUT2D eigenvalue weighted by atomic mass is 16.7. The summed E-state index contributed by atoms with van der Waals surface area (Å²) in [6.07, 6.45) is 2.85. The van der Waals surface area contributed by atoms with Crippen LogP contribution in [-0.2, 0) is 4.79 Å². The monoisotopic (exact) mass is 347 g/mol. The molecular weight excluding hydrogens is 318 g/mol. The fourth-order valence-corrected chi connectivity index (χ4v) is 3.72. The Kier molecular flexibility index (Phi) is 5.81. The predicted octanol–water partition coefficient (Wildman–Crippen LogP) is 2.55. The van der Waals surface area contributed by atoms with Crippen molar-refractivity contribution in [2.45, 2.75) is 45.2 Å². The van der Waals surface area contributed by atoms with Crippen molar-refractivity contribution in [1.29, 1.82) is 0 Å². The molecule has 0 radical (unpaired) electrons. The van der Waals surface area contributed by atoms with Crippen LogP contribution in [0.2, 0.25) is 0 Å². The first kappa shape index (κ1) is 18.0. The lowest BCUT2D eigenvalue weighted by molar-refractivity contribution is -0.116. The standard InChI is InChI=1S/C19H29N3O3/c1-4-22-10-7-16(11-14(22)2)21(3)9-8-19(23)20-15-5-6-17-18(12-15)25-13-24-17/h5-6,12,14,16H,4,7-11,13H2,1-3H3,(H,20,23)/t14-,16-/m1/s1. The lowest BCUT2D eigenvalue weighted by Gasteiger charge is -2.40. The zero-order chi connectivity index (χ0) is 17.8. The Labute approximate surface area is 150 Å². The molecule has 1 aromatic carbocycles. The van der Waals surface area contributed by atoms with Crippen LogP contribution in [0.25, 0.3) is 0 Å². The normalized spacial score (nSPS) is 23.0. The van der Waals surface area contributed by atoms with Crippen molar-refractivity contribution < 1.29 is 14.3 Å². The highest BCUT2D eigenvalue weighted by Crippen LogP contribution is 2.34. The van der Waals surface area contributed by atoms with E-state index in [2.05, 4.69) is 36.0 Å². The molecule has 2 aliphatic rings. The van der Waals surface area contributed by atoms with E-state index in [0.717, 1.165) is 31.1 Å². The van der Waals surface area contributed by atoms with Gasteiger partial charge in [-0.3, -0.25) is 4.79 Å². The fourth-order valence-electron chi connectivity index (χ4n) is 3.72. The summed E-state index contributed by atoms with van der Waals surface area (Å²) in [6, 6.07) is 6.67. The molecule has 2 aliphatic heterocycles. The summed E-state index contributed by atoms with van der Waals surface area (Å²) >= 11 is 0. The minimum Gasteiger partial charge on any atom is -0.454 e. The summed E-state index contributed by atoms with van der Waals surface area (Å²) in [6.45, 7) is 7.81. The van der Waals surface area contributed by atoms with E-state index in [1.807, 2.05) is 18.2 Å². The van der Waals surface area contributed by atoms with E-state index < -0.39 is 0 Å². The third-order valence-corrected chi connectivity index (χ3v) is 5.36. The molecule has 6 heteroatoms. The van der Waals surface area contributed by atoms with Gasteiger partial charge in [-0.05, 0) is 52.0 Å². The second-order valence-corrected chi connectivity index (χ2v) is 7.00. The first-order chi connectivity index (χ1) is 12.1. The van der Waals surface area contributed by atoms with E-state index in [0.29, 0.717) is 24.3 Å². The van der Waals surface area contributed by atoms with Gasteiger partial charge in [-0.1, -0.05) is 6.92 Å². The van der Waals surface area contributed by atoms with Crippen LogP contribution in [0.4, 0.5) is 5.69 Å². The molecule has 0 spiro atoms. The average Bonchev–Trinajstić information content (AvgIpc) is 3.07. The number of fused-ring (bicyclic) bond motifs is 1. The third-order valence-electron chi connectivity index (χ3n) is 5.36. The van der Waals surface area contributed by atoms with Crippen molar-refractivity contribution in [2.75, 3.05) is 38.8 Å². The van der Waals surface area contributed by atoms with E-state index in [4.69, 9.17) is 9.47 Å². The summed E-state index contributed by atoms with van der Waals surface area (Å²) in [5.74, 6) is 1.45. The lowest BCUT2D eigenvalue weighted by Crippen LogP contribution is -2.48. The SMILES string of the molecule is CCN1CC[C@@H](N(C)CCC(=O)Nc2ccc3c(c2)OCO3)C[C@H]1C. The number of hydrogen-bond donors (Lipinski definition) is 1. The Hall–Kier alpha value is -1.79. The molecule has 6 nitrogen and oxygen atoms in total. The number of piperidine rings is 1.